The summed E-state index contributed by atoms with van der Waals surface area (Å²) >= 11 is 0. The van der Waals surface area contributed by atoms with Gasteiger partial charge in [-0.2, -0.15) is 0 Å². The van der Waals surface area contributed by atoms with Gasteiger partial charge in [0.1, 0.15) is 22.8 Å². The van der Waals surface area contributed by atoms with Crippen molar-refractivity contribution in [2.24, 2.45) is 0 Å². The zero-order valence-electron chi connectivity index (χ0n) is 30.6. The van der Waals surface area contributed by atoms with Crippen molar-refractivity contribution in [2.75, 3.05) is 4.90 Å². The molecule has 2 aliphatic rings. The molecule has 5 heteroatoms. The molecule has 3 heterocycles. The monoisotopic (exact) mass is 727 g/mol. The number of hydrogen-bond donors (Lipinski definition) is 0. The van der Waals surface area contributed by atoms with Crippen LogP contribution in [0.25, 0.3) is 65.0 Å². The van der Waals surface area contributed by atoms with Crippen LogP contribution in [-0.4, -0.2) is 6.71 Å². The van der Waals surface area contributed by atoms with Crippen LogP contribution in [0.15, 0.2) is 186 Å². The molecule has 13 rings (SSSR count). The van der Waals surface area contributed by atoms with Gasteiger partial charge < -0.3 is 18.8 Å². The van der Waals surface area contributed by atoms with Gasteiger partial charge in [0.15, 0.2) is 11.3 Å². The van der Waals surface area contributed by atoms with Crippen LogP contribution in [0.5, 0.6) is 23.0 Å². The van der Waals surface area contributed by atoms with Crippen LogP contribution in [-0.2, 0) is 0 Å². The van der Waals surface area contributed by atoms with E-state index < -0.39 is 0 Å². The molecule has 0 fully saturated rings. The molecule has 0 amide bonds. The molecule has 0 N–H and O–H groups in total. The highest BCUT2D eigenvalue weighted by molar-refractivity contribution is 7.01. The van der Waals surface area contributed by atoms with E-state index in [0.29, 0.717) is 5.75 Å². The number of nitrogens with zero attached hydrogens (tertiary/aromatic N) is 1. The summed E-state index contributed by atoms with van der Waals surface area (Å²) in [5.41, 5.74) is 7.97. The molecule has 0 saturated carbocycles. The normalized spacial score (nSPS) is 12.8. The van der Waals surface area contributed by atoms with Gasteiger partial charge >= 0.3 is 0 Å². The number of furan rings is 1. The van der Waals surface area contributed by atoms with Crippen molar-refractivity contribution < 1.29 is 13.9 Å². The van der Waals surface area contributed by atoms with Gasteiger partial charge in [0.2, 0.25) is 0 Å². The molecule has 0 unspecified atom stereocenters. The fourth-order valence-electron chi connectivity index (χ4n) is 9.67. The van der Waals surface area contributed by atoms with Crippen LogP contribution in [0.1, 0.15) is 0 Å². The lowest BCUT2D eigenvalue weighted by Crippen LogP contribution is -2.57. The van der Waals surface area contributed by atoms with E-state index >= 15 is 0 Å². The fourth-order valence-corrected chi connectivity index (χ4v) is 9.67. The summed E-state index contributed by atoms with van der Waals surface area (Å²) in [6.45, 7) is -0.133. The van der Waals surface area contributed by atoms with Crippen molar-refractivity contribution in [3.05, 3.63) is 182 Å². The molecule has 0 atom stereocenters. The quantitative estimate of drug-likeness (QED) is 0.170. The Labute approximate surface area is 327 Å². The predicted molar refractivity (Wildman–Crippen MR) is 236 cm³/mol. The molecular formula is C52H30BNO3. The van der Waals surface area contributed by atoms with Crippen LogP contribution in [0.4, 0.5) is 17.1 Å². The number of hydrogen-bond acceptors (Lipinski definition) is 4. The van der Waals surface area contributed by atoms with Crippen molar-refractivity contribution in [1.82, 2.24) is 0 Å². The summed E-state index contributed by atoms with van der Waals surface area (Å²) in [5.74, 6) is 3.21. The maximum atomic E-state index is 7.13. The lowest BCUT2D eigenvalue weighted by atomic mass is 9.33. The van der Waals surface area contributed by atoms with Crippen molar-refractivity contribution in [2.45, 2.75) is 0 Å². The number of anilines is 3. The first-order valence-electron chi connectivity index (χ1n) is 19.4. The molecule has 0 bridgehead atoms. The largest absolute Gasteiger partial charge is 0.458 e. The van der Waals surface area contributed by atoms with Crippen LogP contribution in [0.3, 0.4) is 0 Å². The van der Waals surface area contributed by atoms with Crippen molar-refractivity contribution in [3.8, 4) is 23.0 Å². The third-order valence-electron chi connectivity index (χ3n) is 12.1. The zero-order chi connectivity index (χ0) is 37.2. The molecule has 2 aliphatic heterocycles. The average molecular weight is 728 g/mol. The molecule has 0 aliphatic carbocycles. The number of ether oxygens (including phenoxy) is 2. The molecule has 57 heavy (non-hydrogen) atoms. The highest BCUT2D eigenvalue weighted by Gasteiger charge is 2.44. The van der Waals surface area contributed by atoms with Crippen LogP contribution in [0, 0.1) is 0 Å². The predicted octanol–water partition coefficient (Wildman–Crippen LogP) is 12.4. The minimum absolute atomic E-state index is 0.133. The zero-order valence-corrected chi connectivity index (χ0v) is 30.6. The Kier molecular flexibility index (Phi) is 6.22. The van der Waals surface area contributed by atoms with Gasteiger partial charge in [-0.3, -0.25) is 0 Å². The van der Waals surface area contributed by atoms with E-state index in [1.54, 1.807) is 0 Å². The number of para-hydroxylation sites is 1. The second-order valence-electron chi connectivity index (χ2n) is 15.1. The van der Waals surface area contributed by atoms with E-state index in [9.17, 15) is 0 Å². The standard InChI is InChI=1S/C52H30BNO3/c1-2-16-35(17-3-1)54(36-25-22-31-12-4-5-15-34(31)28-36)42-30-45-47(40-21-11-10-20-39(40)42)41-29-46-50-52(51(41)57-45)56-44-27-24-33-14-7-9-19-38(33)49(44)53(50)48-37-18-8-6-13-32(37)23-26-43(48)55-46/h1-30H. The number of rotatable bonds is 3. The maximum absolute atomic E-state index is 7.13. The molecular weight excluding hydrogens is 697 g/mol. The fraction of sp³-hybridized carbons (Fsp3) is 0. The first kappa shape index (κ1) is 30.8. The lowest BCUT2D eigenvalue weighted by Gasteiger charge is -2.34. The summed E-state index contributed by atoms with van der Waals surface area (Å²) < 4.78 is 21.2. The van der Waals surface area contributed by atoms with E-state index in [0.717, 1.165) is 83.4 Å². The van der Waals surface area contributed by atoms with Gasteiger partial charge in [0.05, 0.1) is 5.69 Å². The van der Waals surface area contributed by atoms with E-state index in [-0.39, 0.29) is 6.71 Å². The molecule has 0 radical (unpaired) electrons. The molecule has 0 spiro atoms. The SMILES string of the molecule is c1ccc(N(c2ccc3ccccc3c2)c2cc3oc4c5c6c(cc4c3c3ccccc23)Oc2ccc3ccccc3c2B6c2c(ccc3ccccc23)O5)cc1. The van der Waals surface area contributed by atoms with E-state index in [4.69, 9.17) is 13.9 Å². The first-order chi connectivity index (χ1) is 28.3. The summed E-state index contributed by atoms with van der Waals surface area (Å²) in [4.78, 5) is 2.34. The van der Waals surface area contributed by atoms with Crippen molar-refractivity contribution in [3.63, 3.8) is 0 Å². The van der Waals surface area contributed by atoms with E-state index in [1.807, 2.05) is 0 Å². The second kappa shape index (κ2) is 11.5. The van der Waals surface area contributed by atoms with Gasteiger partial charge in [-0.15, -0.1) is 0 Å². The van der Waals surface area contributed by atoms with Crippen LogP contribution in [0.2, 0.25) is 0 Å². The lowest BCUT2D eigenvalue weighted by molar-refractivity contribution is 0.462. The van der Waals surface area contributed by atoms with Gasteiger partial charge in [0, 0.05) is 39.1 Å². The molecule has 4 nitrogen and oxygen atoms in total. The van der Waals surface area contributed by atoms with Gasteiger partial charge in [0.25, 0.3) is 6.71 Å². The molecule has 10 aromatic carbocycles. The Morgan fingerprint density at radius 2 is 0.982 bits per heavy atom. The Bertz CT molecular complexity index is 3450. The Morgan fingerprint density at radius 3 is 1.72 bits per heavy atom. The van der Waals surface area contributed by atoms with Gasteiger partial charge in [-0.05, 0) is 91.1 Å². The van der Waals surface area contributed by atoms with Gasteiger partial charge in [-0.25, -0.2) is 0 Å². The minimum Gasteiger partial charge on any atom is -0.458 e. The molecule has 0 saturated heterocycles. The number of fused-ring (bicyclic) bond motifs is 15. The van der Waals surface area contributed by atoms with Crippen molar-refractivity contribution >= 4 is 105 Å². The minimum atomic E-state index is -0.133. The Hall–Kier alpha value is -7.50. The Morgan fingerprint density at radius 1 is 0.386 bits per heavy atom. The highest BCUT2D eigenvalue weighted by atomic mass is 16.5. The summed E-state index contributed by atoms with van der Waals surface area (Å²) in [6.07, 6.45) is 0. The van der Waals surface area contributed by atoms with Crippen molar-refractivity contribution in [1.29, 1.82) is 0 Å². The maximum Gasteiger partial charge on any atom is 0.262 e. The molecule has 264 valence electrons. The second-order valence-corrected chi connectivity index (χ2v) is 15.1. The highest BCUT2D eigenvalue weighted by Crippen LogP contribution is 2.49. The third kappa shape index (κ3) is 4.34. The van der Waals surface area contributed by atoms with Gasteiger partial charge in [-0.1, -0.05) is 133 Å². The number of benzene rings is 10. The summed E-state index contributed by atoms with van der Waals surface area (Å²) in [7, 11) is 0. The summed E-state index contributed by atoms with van der Waals surface area (Å²) in [6, 6.07) is 64.6. The Balaban J connectivity index is 1.12. The van der Waals surface area contributed by atoms with E-state index in [2.05, 4.69) is 187 Å². The molecule has 11 aromatic rings. The van der Waals surface area contributed by atoms with E-state index in [1.165, 1.54) is 32.3 Å². The third-order valence-corrected chi connectivity index (χ3v) is 12.1. The van der Waals surface area contributed by atoms with Crippen LogP contribution < -0.4 is 30.8 Å². The summed E-state index contributed by atoms with van der Waals surface area (Å²) in [5, 5.41) is 11.3. The van der Waals surface area contributed by atoms with Crippen LogP contribution >= 0.6 is 0 Å². The topological polar surface area (TPSA) is 34.8 Å². The average Bonchev–Trinajstić information content (AvgIpc) is 3.65. The molecule has 1 aromatic heterocycles. The smallest absolute Gasteiger partial charge is 0.262 e. The first-order valence-corrected chi connectivity index (χ1v) is 19.4.